The summed E-state index contributed by atoms with van der Waals surface area (Å²) in [6.07, 6.45) is 0.358. The quantitative estimate of drug-likeness (QED) is 0.496. The second-order valence-electron chi connectivity index (χ2n) is 6.65. The van der Waals surface area contributed by atoms with E-state index in [9.17, 15) is 4.79 Å². The van der Waals surface area contributed by atoms with Crippen LogP contribution in [0.15, 0.2) is 36.4 Å². The molecule has 0 bridgehead atoms. The van der Waals surface area contributed by atoms with Gasteiger partial charge in [-0.15, -0.1) is 11.3 Å². The van der Waals surface area contributed by atoms with E-state index < -0.39 is 0 Å². The molecule has 0 fully saturated rings. The summed E-state index contributed by atoms with van der Waals surface area (Å²) in [5.41, 5.74) is 1.16. The van der Waals surface area contributed by atoms with Gasteiger partial charge in [0.2, 0.25) is 5.91 Å². The van der Waals surface area contributed by atoms with Gasteiger partial charge in [-0.25, -0.2) is 9.97 Å². The van der Waals surface area contributed by atoms with Crippen molar-refractivity contribution in [2.75, 3.05) is 44.9 Å². The summed E-state index contributed by atoms with van der Waals surface area (Å²) < 4.78 is 5.14. The Morgan fingerprint density at radius 2 is 2.03 bits per heavy atom. The molecule has 2 N–H and O–H groups in total. The molecule has 0 saturated carbocycles. The Hall–Kier alpha value is -2.55. The first-order chi connectivity index (χ1) is 14.1. The Morgan fingerprint density at radius 3 is 2.79 bits per heavy atom. The van der Waals surface area contributed by atoms with Crippen LogP contribution in [-0.4, -0.2) is 60.9 Å². The normalized spacial score (nSPS) is 11.0. The summed E-state index contributed by atoms with van der Waals surface area (Å²) >= 11 is 1.65. The highest BCUT2D eigenvalue weighted by molar-refractivity contribution is 7.21. The average Bonchev–Trinajstić information content (AvgIpc) is 3.15. The lowest BCUT2D eigenvalue weighted by atomic mass is 10.2. The van der Waals surface area contributed by atoms with Crippen LogP contribution in [0.5, 0.6) is 0 Å². The molecule has 7 nitrogen and oxygen atoms in total. The van der Waals surface area contributed by atoms with Gasteiger partial charge in [-0.3, -0.25) is 4.79 Å². The van der Waals surface area contributed by atoms with Gasteiger partial charge in [-0.2, -0.15) is 0 Å². The summed E-state index contributed by atoms with van der Waals surface area (Å²) in [5.74, 6) is 1.51. The molecule has 0 atom stereocenters. The second kappa shape index (κ2) is 10.3. The lowest BCUT2D eigenvalue weighted by Crippen LogP contribution is -2.31. The maximum Gasteiger partial charge on any atom is 0.221 e. The average molecular weight is 415 g/mol. The summed E-state index contributed by atoms with van der Waals surface area (Å²) in [7, 11) is 1.94. The number of thiophene rings is 1. The molecule has 0 saturated heterocycles. The minimum atomic E-state index is -0.0400. The van der Waals surface area contributed by atoms with Crippen LogP contribution in [0, 0.1) is 6.92 Å². The first kappa shape index (κ1) is 21.2. The van der Waals surface area contributed by atoms with Crippen LogP contribution in [0.25, 0.3) is 20.7 Å². The smallest absolute Gasteiger partial charge is 0.221 e. The third-order valence-corrected chi connectivity index (χ3v) is 5.46. The van der Waals surface area contributed by atoms with Crippen molar-refractivity contribution in [3.8, 4) is 10.4 Å². The van der Waals surface area contributed by atoms with Gasteiger partial charge >= 0.3 is 0 Å². The highest BCUT2D eigenvalue weighted by Gasteiger charge is 2.15. The summed E-state index contributed by atoms with van der Waals surface area (Å²) in [6, 6.07) is 12.4. The van der Waals surface area contributed by atoms with Crippen molar-refractivity contribution >= 4 is 33.3 Å². The van der Waals surface area contributed by atoms with Crippen LogP contribution >= 0.6 is 11.3 Å². The highest BCUT2D eigenvalue weighted by Crippen LogP contribution is 2.36. The van der Waals surface area contributed by atoms with Crippen LogP contribution in [-0.2, 0) is 9.53 Å². The molecule has 154 valence electrons. The van der Waals surface area contributed by atoms with Crippen LogP contribution in [0.4, 0.5) is 5.82 Å². The molecule has 8 heteroatoms. The largest absolute Gasteiger partial charge is 0.394 e. The van der Waals surface area contributed by atoms with Crippen molar-refractivity contribution in [2.24, 2.45) is 0 Å². The van der Waals surface area contributed by atoms with Gasteiger partial charge in [-0.1, -0.05) is 30.3 Å². The maximum absolute atomic E-state index is 12.1. The number of rotatable bonds is 10. The first-order valence-electron chi connectivity index (χ1n) is 9.58. The first-order valence-corrected chi connectivity index (χ1v) is 10.4. The Bertz CT molecular complexity index is 946. The molecule has 0 aliphatic carbocycles. The number of aliphatic hydroxyl groups is 1. The topological polar surface area (TPSA) is 87.6 Å². The van der Waals surface area contributed by atoms with Gasteiger partial charge in [-0.05, 0) is 18.6 Å². The van der Waals surface area contributed by atoms with E-state index in [2.05, 4.69) is 33.5 Å². The van der Waals surface area contributed by atoms with Crippen molar-refractivity contribution in [2.45, 2.75) is 13.3 Å². The van der Waals surface area contributed by atoms with E-state index in [0.29, 0.717) is 31.9 Å². The highest BCUT2D eigenvalue weighted by atomic mass is 32.1. The van der Waals surface area contributed by atoms with Crippen LogP contribution in [0.1, 0.15) is 12.2 Å². The summed E-state index contributed by atoms with van der Waals surface area (Å²) in [6.45, 7) is 3.53. The number of carbonyl (C=O) groups is 1. The Kier molecular flexibility index (Phi) is 7.51. The lowest BCUT2D eigenvalue weighted by Gasteiger charge is -2.19. The van der Waals surface area contributed by atoms with E-state index in [1.54, 1.807) is 11.3 Å². The molecular formula is C21H26N4O3S. The Morgan fingerprint density at radius 1 is 1.24 bits per heavy atom. The zero-order chi connectivity index (χ0) is 20.6. The van der Waals surface area contributed by atoms with Gasteiger partial charge in [0.25, 0.3) is 0 Å². The Balaban J connectivity index is 1.67. The molecule has 0 unspecified atom stereocenters. The minimum Gasteiger partial charge on any atom is -0.394 e. The fraction of sp³-hybridized carbons (Fsp3) is 0.381. The molecule has 0 radical (unpaired) electrons. The van der Waals surface area contributed by atoms with E-state index in [0.717, 1.165) is 26.5 Å². The molecule has 29 heavy (non-hydrogen) atoms. The number of nitrogens with one attached hydrogen (secondary N) is 1. The standard InChI is InChI=1S/C21H26N4O3S/c1-15-23-20(25(2)10-8-19(27)22-9-12-28-13-11-26)17-14-18(29-21(17)24-15)16-6-4-3-5-7-16/h3-7,14,26H,8-13H2,1-2H3,(H,22,27). The molecule has 2 aromatic heterocycles. The number of nitrogens with zero attached hydrogens (tertiary/aromatic N) is 3. The molecule has 0 spiro atoms. The number of aryl methyl sites for hydroxylation is 1. The van der Waals surface area contributed by atoms with Gasteiger partial charge in [0.05, 0.1) is 25.2 Å². The van der Waals surface area contributed by atoms with E-state index in [4.69, 9.17) is 9.84 Å². The molecule has 2 heterocycles. The zero-order valence-electron chi connectivity index (χ0n) is 16.7. The number of benzene rings is 1. The van der Waals surface area contributed by atoms with E-state index in [1.807, 2.05) is 37.1 Å². The zero-order valence-corrected chi connectivity index (χ0v) is 17.5. The third-order valence-electron chi connectivity index (χ3n) is 4.38. The van der Waals surface area contributed by atoms with Gasteiger partial charge in [0.15, 0.2) is 0 Å². The molecule has 1 aromatic carbocycles. The monoisotopic (exact) mass is 414 g/mol. The molecule has 0 aliphatic rings. The minimum absolute atomic E-state index is 0.0138. The van der Waals surface area contributed by atoms with Gasteiger partial charge in [0.1, 0.15) is 16.5 Å². The number of fused-ring (bicyclic) bond motifs is 1. The number of aromatic nitrogens is 2. The SMILES string of the molecule is Cc1nc(N(C)CCC(=O)NCCOCCO)c2cc(-c3ccccc3)sc2n1. The molecule has 0 aliphatic heterocycles. The third kappa shape index (κ3) is 5.72. The molecule has 3 aromatic rings. The number of hydrogen-bond donors (Lipinski definition) is 2. The molecular weight excluding hydrogens is 388 g/mol. The summed E-state index contributed by atoms with van der Waals surface area (Å²) in [4.78, 5) is 25.4. The Labute approximate surface area is 174 Å². The second-order valence-corrected chi connectivity index (χ2v) is 7.68. The van der Waals surface area contributed by atoms with Crippen molar-refractivity contribution in [3.63, 3.8) is 0 Å². The van der Waals surface area contributed by atoms with E-state index in [1.165, 1.54) is 0 Å². The number of hydrogen-bond acceptors (Lipinski definition) is 7. The number of amides is 1. The number of ether oxygens (including phenoxy) is 1. The van der Waals surface area contributed by atoms with Gasteiger partial charge < -0.3 is 20.1 Å². The van der Waals surface area contributed by atoms with Crippen molar-refractivity contribution in [1.29, 1.82) is 0 Å². The predicted molar refractivity (Wildman–Crippen MR) is 116 cm³/mol. The number of anilines is 1. The molecule has 3 rings (SSSR count). The van der Waals surface area contributed by atoms with Crippen LogP contribution < -0.4 is 10.2 Å². The lowest BCUT2D eigenvalue weighted by molar-refractivity contribution is -0.121. The van der Waals surface area contributed by atoms with Crippen LogP contribution in [0.2, 0.25) is 0 Å². The maximum atomic E-state index is 12.1. The van der Waals surface area contributed by atoms with Gasteiger partial charge in [0, 0.05) is 31.4 Å². The predicted octanol–water partition coefficient (Wildman–Crippen LogP) is 2.62. The number of aliphatic hydroxyl groups excluding tert-OH is 1. The fourth-order valence-electron chi connectivity index (χ4n) is 2.94. The van der Waals surface area contributed by atoms with Crippen molar-refractivity contribution < 1.29 is 14.6 Å². The van der Waals surface area contributed by atoms with Crippen LogP contribution in [0.3, 0.4) is 0 Å². The molecule has 1 amide bonds. The fourth-order valence-corrected chi connectivity index (χ4v) is 4.02. The van der Waals surface area contributed by atoms with Crippen molar-refractivity contribution in [3.05, 3.63) is 42.2 Å². The summed E-state index contributed by atoms with van der Waals surface area (Å²) in [5, 5.41) is 12.5. The number of carbonyl (C=O) groups excluding carboxylic acids is 1. The van der Waals surface area contributed by atoms with E-state index in [-0.39, 0.29) is 19.1 Å². The van der Waals surface area contributed by atoms with Crippen molar-refractivity contribution in [1.82, 2.24) is 15.3 Å². The van der Waals surface area contributed by atoms with E-state index >= 15 is 0 Å².